The third-order valence-electron chi connectivity index (χ3n) is 15.1. The Hall–Kier alpha value is -2.46. The van der Waals surface area contributed by atoms with Crippen LogP contribution in [0.2, 0.25) is 0 Å². The molecule has 0 saturated heterocycles. The van der Waals surface area contributed by atoms with Crippen molar-refractivity contribution in [1.29, 1.82) is 0 Å². The molecule has 0 bridgehead atoms. The van der Waals surface area contributed by atoms with Gasteiger partial charge >= 0.3 is 39.5 Å². The SMILES string of the molecule is CCCCCC/C=C\C=C/CCCCCCCC(=O)OC[C@H](COP(=O)(O)OC[C@@H](O)COP(=O)(O)OC[C@@H](COC(=O)CCCCCCCCC(C)C)OC(=O)CCCCCCCCCCCC(C)C)OC(=O)CCCCCCCCC(C)CC. The first-order valence-corrected chi connectivity index (χ1v) is 37.2. The highest BCUT2D eigenvalue weighted by Gasteiger charge is 2.30. The summed E-state index contributed by atoms with van der Waals surface area (Å²) < 4.78 is 68.0. The molecule has 19 heteroatoms. The Bertz CT molecular complexity index is 1790. The normalized spacial score (nSPS) is 14.8. The van der Waals surface area contributed by atoms with Gasteiger partial charge in [-0.1, -0.05) is 253 Å². The Morgan fingerprint density at radius 1 is 0.384 bits per heavy atom. The van der Waals surface area contributed by atoms with Crippen LogP contribution in [0.5, 0.6) is 0 Å². The molecule has 0 radical (unpaired) electrons. The van der Waals surface area contributed by atoms with Gasteiger partial charge in [0, 0.05) is 25.7 Å². The predicted octanol–water partition coefficient (Wildman–Crippen LogP) is 18.2. The molecular weight excluding hydrogens is 1140 g/mol. The maximum absolute atomic E-state index is 13.0. The number of carbonyl (C=O) groups excluding carboxylic acids is 4. The van der Waals surface area contributed by atoms with Gasteiger partial charge in [-0.25, -0.2) is 9.13 Å². The number of unbranched alkanes of at least 4 members (excludes halogenated alkanes) is 27. The Morgan fingerprint density at radius 2 is 0.686 bits per heavy atom. The van der Waals surface area contributed by atoms with E-state index in [0.29, 0.717) is 37.5 Å². The quantitative estimate of drug-likeness (QED) is 0.0169. The molecule has 0 aromatic carbocycles. The third kappa shape index (κ3) is 59.2. The number of hydrogen-bond donors (Lipinski definition) is 3. The van der Waals surface area contributed by atoms with Crippen LogP contribution in [-0.2, 0) is 65.4 Å². The van der Waals surface area contributed by atoms with Crippen molar-refractivity contribution >= 4 is 39.5 Å². The van der Waals surface area contributed by atoms with Crippen molar-refractivity contribution < 1.29 is 80.2 Å². The van der Waals surface area contributed by atoms with Crippen LogP contribution in [-0.4, -0.2) is 96.7 Å². The lowest BCUT2D eigenvalue weighted by Gasteiger charge is -2.21. The molecule has 0 rings (SSSR count). The lowest BCUT2D eigenvalue weighted by atomic mass is 10.00. The summed E-state index contributed by atoms with van der Waals surface area (Å²) in [5, 5.41) is 10.5. The summed E-state index contributed by atoms with van der Waals surface area (Å²) in [5.74, 6) is -0.0379. The minimum atomic E-state index is -4.96. The van der Waals surface area contributed by atoms with Gasteiger partial charge in [0.25, 0.3) is 0 Å². The van der Waals surface area contributed by atoms with Gasteiger partial charge in [-0.2, -0.15) is 0 Å². The molecule has 0 aromatic rings. The van der Waals surface area contributed by atoms with E-state index in [1.807, 2.05) is 0 Å². The van der Waals surface area contributed by atoms with Gasteiger partial charge in [0.1, 0.15) is 19.3 Å². The minimum Gasteiger partial charge on any atom is -0.462 e. The minimum absolute atomic E-state index is 0.0955. The fraction of sp³-hybridized carbons (Fsp3) is 0.881. The molecule has 0 aromatic heterocycles. The molecule has 0 fully saturated rings. The van der Waals surface area contributed by atoms with Crippen LogP contribution in [0.25, 0.3) is 0 Å². The van der Waals surface area contributed by atoms with Gasteiger partial charge in [0.2, 0.25) is 0 Å². The number of carbonyl (C=O) groups is 4. The van der Waals surface area contributed by atoms with Gasteiger partial charge in [0.15, 0.2) is 12.2 Å². The summed E-state index contributed by atoms with van der Waals surface area (Å²) in [6, 6.07) is 0. The average Bonchev–Trinajstić information content (AvgIpc) is 3.59. The van der Waals surface area contributed by atoms with Crippen LogP contribution >= 0.6 is 15.6 Å². The maximum atomic E-state index is 13.0. The highest BCUT2D eigenvalue weighted by molar-refractivity contribution is 7.47. The molecule has 506 valence electrons. The first-order chi connectivity index (χ1) is 41.3. The second-order valence-electron chi connectivity index (χ2n) is 24.7. The molecule has 0 aliphatic rings. The van der Waals surface area contributed by atoms with E-state index in [9.17, 15) is 43.2 Å². The molecule has 6 atom stereocenters. The van der Waals surface area contributed by atoms with E-state index < -0.39 is 97.5 Å². The van der Waals surface area contributed by atoms with Crippen LogP contribution < -0.4 is 0 Å². The van der Waals surface area contributed by atoms with Crippen LogP contribution in [0.3, 0.4) is 0 Å². The maximum Gasteiger partial charge on any atom is 0.472 e. The van der Waals surface area contributed by atoms with E-state index in [4.69, 9.17) is 37.0 Å². The van der Waals surface area contributed by atoms with E-state index in [1.54, 1.807) is 0 Å². The van der Waals surface area contributed by atoms with E-state index in [-0.39, 0.29) is 25.7 Å². The Kier molecular flexibility index (Phi) is 56.0. The highest BCUT2D eigenvalue weighted by atomic mass is 31.2. The largest absolute Gasteiger partial charge is 0.472 e. The number of esters is 4. The monoisotopic (exact) mass is 1260 g/mol. The van der Waals surface area contributed by atoms with Crippen LogP contribution in [0.1, 0.15) is 305 Å². The van der Waals surface area contributed by atoms with Crippen molar-refractivity contribution in [1.82, 2.24) is 0 Å². The van der Waals surface area contributed by atoms with Crippen molar-refractivity contribution in [2.45, 2.75) is 324 Å². The van der Waals surface area contributed by atoms with E-state index in [0.717, 1.165) is 121 Å². The van der Waals surface area contributed by atoms with Crippen LogP contribution in [0, 0.1) is 17.8 Å². The topological polar surface area (TPSA) is 237 Å². The molecular formula is C67H126O17P2. The molecule has 3 unspecified atom stereocenters. The lowest BCUT2D eigenvalue weighted by molar-refractivity contribution is -0.161. The number of rotatable bonds is 63. The number of allylic oxidation sites excluding steroid dienone is 4. The summed E-state index contributed by atoms with van der Waals surface area (Å²) >= 11 is 0. The molecule has 17 nitrogen and oxygen atoms in total. The van der Waals surface area contributed by atoms with E-state index in [2.05, 4.69) is 72.8 Å². The summed E-state index contributed by atoms with van der Waals surface area (Å²) in [6.45, 7) is 11.6. The number of phosphoric ester groups is 2. The van der Waals surface area contributed by atoms with Gasteiger partial charge in [-0.05, 0) is 69.1 Å². The number of hydrogen-bond acceptors (Lipinski definition) is 15. The van der Waals surface area contributed by atoms with Crippen molar-refractivity contribution in [3.8, 4) is 0 Å². The number of aliphatic hydroxyl groups is 1. The Morgan fingerprint density at radius 3 is 1.03 bits per heavy atom. The molecule has 0 saturated carbocycles. The zero-order valence-electron chi connectivity index (χ0n) is 55.3. The number of phosphoric acid groups is 2. The van der Waals surface area contributed by atoms with Gasteiger partial charge in [0.05, 0.1) is 26.4 Å². The molecule has 3 N–H and O–H groups in total. The Balaban J connectivity index is 5.26. The molecule has 0 heterocycles. The fourth-order valence-corrected chi connectivity index (χ4v) is 11.0. The molecule has 0 aliphatic heterocycles. The summed E-state index contributed by atoms with van der Waals surface area (Å²) in [6.07, 6.45) is 42.8. The summed E-state index contributed by atoms with van der Waals surface area (Å²) in [4.78, 5) is 72.3. The van der Waals surface area contributed by atoms with Crippen molar-refractivity contribution in [2.24, 2.45) is 17.8 Å². The zero-order valence-corrected chi connectivity index (χ0v) is 57.0. The standard InChI is InChI=1S/C67H126O17P2/c1-8-10-11-12-13-14-15-16-17-18-19-22-25-34-41-48-64(69)77-54-63(84-67(72)51-44-37-30-28-33-40-47-60(7)9-2)57-82-86(75,76)80-53-61(68)52-79-85(73,74)81-56-62(55-78-65(70)49-42-35-29-27-32-39-46-59(5)6)83-66(71)50-43-36-26-23-20-21-24-31-38-45-58(3)4/h14-17,58-63,68H,8-13,18-57H2,1-7H3,(H,73,74)(H,75,76)/b15-14-,17-16-/t60?,61-,62+,63+/m0/s1. The van der Waals surface area contributed by atoms with E-state index in [1.165, 1.54) is 89.9 Å². The molecule has 0 aliphatic carbocycles. The van der Waals surface area contributed by atoms with Crippen molar-refractivity contribution in [3.05, 3.63) is 24.3 Å². The van der Waals surface area contributed by atoms with Crippen molar-refractivity contribution in [2.75, 3.05) is 39.6 Å². The number of ether oxygens (including phenoxy) is 4. The van der Waals surface area contributed by atoms with Crippen LogP contribution in [0.15, 0.2) is 24.3 Å². The first-order valence-electron chi connectivity index (χ1n) is 34.2. The summed E-state index contributed by atoms with van der Waals surface area (Å²) in [7, 11) is -9.91. The summed E-state index contributed by atoms with van der Waals surface area (Å²) in [5.41, 5.74) is 0. The lowest BCUT2D eigenvalue weighted by Crippen LogP contribution is -2.30. The van der Waals surface area contributed by atoms with Crippen molar-refractivity contribution in [3.63, 3.8) is 0 Å². The van der Waals surface area contributed by atoms with Gasteiger partial charge < -0.3 is 33.8 Å². The average molecular weight is 1270 g/mol. The van der Waals surface area contributed by atoms with Gasteiger partial charge in [-0.3, -0.25) is 37.3 Å². The van der Waals surface area contributed by atoms with Gasteiger partial charge in [-0.15, -0.1) is 0 Å². The fourth-order valence-electron chi connectivity index (χ4n) is 9.44. The second kappa shape index (κ2) is 57.7. The second-order valence-corrected chi connectivity index (χ2v) is 27.6. The molecule has 86 heavy (non-hydrogen) atoms. The third-order valence-corrected chi connectivity index (χ3v) is 17.0. The number of aliphatic hydroxyl groups excluding tert-OH is 1. The zero-order chi connectivity index (χ0) is 63.8. The van der Waals surface area contributed by atoms with Crippen LogP contribution in [0.4, 0.5) is 0 Å². The molecule has 0 spiro atoms. The highest BCUT2D eigenvalue weighted by Crippen LogP contribution is 2.45. The smallest absolute Gasteiger partial charge is 0.462 e. The van der Waals surface area contributed by atoms with E-state index >= 15 is 0 Å². The first kappa shape index (κ1) is 83.5. The Labute approximate surface area is 522 Å². The molecule has 0 amide bonds. The predicted molar refractivity (Wildman–Crippen MR) is 344 cm³/mol.